The number of rotatable bonds is 5. The van der Waals surface area contributed by atoms with Crippen LogP contribution >= 0.6 is 0 Å². The van der Waals surface area contributed by atoms with Gasteiger partial charge < -0.3 is 14.5 Å². The summed E-state index contributed by atoms with van der Waals surface area (Å²) in [4.78, 5) is 16.4. The van der Waals surface area contributed by atoms with Gasteiger partial charge >= 0.3 is 12.5 Å². The quantitative estimate of drug-likeness (QED) is 0.752. The minimum atomic E-state index is -4.65. The van der Waals surface area contributed by atoms with Gasteiger partial charge in [-0.25, -0.2) is 0 Å². The highest BCUT2D eigenvalue weighted by molar-refractivity contribution is 5.97. The number of ether oxygens (including phenoxy) is 1. The molecule has 4 nitrogen and oxygen atoms in total. The molecule has 140 valence electrons. The predicted molar refractivity (Wildman–Crippen MR) is 85.3 cm³/mol. The maximum Gasteiger partial charge on any atom is 0.461 e. The third kappa shape index (κ3) is 4.84. The summed E-state index contributed by atoms with van der Waals surface area (Å²) in [6, 6.07) is 5.42. The van der Waals surface area contributed by atoms with E-state index in [4.69, 9.17) is 0 Å². The average molecular weight is 362 g/mol. The van der Waals surface area contributed by atoms with Crippen LogP contribution in [0.2, 0.25) is 0 Å². The molecule has 1 amide bonds. The highest BCUT2D eigenvalue weighted by Gasteiger charge is 2.44. The van der Waals surface area contributed by atoms with Crippen molar-refractivity contribution in [2.45, 2.75) is 37.8 Å². The largest absolute Gasteiger partial charge is 0.461 e. The Labute approximate surface area is 144 Å². The fraction of sp³-hybridized carbons (Fsp3) is 0.588. The molecule has 1 aromatic carbocycles. The summed E-state index contributed by atoms with van der Waals surface area (Å²) in [6.07, 6.45) is -5.95. The minimum absolute atomic E-state index is 0.137. The van der Waals surface area contributed by atoms with E-state index in [2.05, 4.69) is 4.74 Å². The molecule has 8 heteroatoms. The number of carbonyl (C=O) groups is 1. The second-order valence-corrected chi connectivity index (χ2v) is 6.33. The second kappa shape index (κ2) is 8.03. The van der Waals surface area contributed by atoms with Crippen LogP contribution < -0.4 is 4.74 Å². The lowest BCUT2D eigenvalue weighted by Crippen LogP contribution is -2.42. The molecule has 0 saturated carbocycles. The Hall–Kier alpha value is -1.83. The van der Waals surface area contributed by atoms with Crippen LogP contribution in [0, 0.1) is 0 Å². The molecule has 1 aliphatic heterocycles. The standard InChI is InChI=1S/C17H22F4N2O2/c1-22(2)12-7-5-6-10-23(11-12)15(24)13-8-3-4-9-14(13)25-17(20,21)16(18)19/h3-4,8-9,12,16H,5-7,10-11H2,1-2H3. The number of carbonyl (C=O) groups excluding carboxylic acids is 1. The molecule has 1 unspecified atom stereocenters. The van der Waals surface area contributed by atoms with Crippen molar-refractivity contribution in [2.75, 3.05) is 27.2 Å². The molecule has 0 aliphatic carbocycles. The minimum Gasteiger partial charge on any atom is -0.427 e. The monoisotopic (exact) mass is 362 g/mol. The first-order chi connectivity index (χ1) is 11.7. The number of para-hydroxylation sites is 1. The van der Waals surface area contributed by atoms with Crippen molar-refractivity contribution < 1.29 is 27.1 Å². The number of benzene rings is 1. The fourth-order valence-electron chi connectivity index (χ4n) is 2.82. The Morgan fingerprint density at radius 2 is 1.96 bits per heavy atom. The van der Waals surface area contributed by atoms with Crippen molar-refractivity contribution in [3.05, 3.63) is 29.8 Å². The number of alkyl halides is 4. The van der Waals surface area contributed by atoms with Gasteiger partial charge in [0.1, 0.15) is 5.75 Å². The fourth-order valence-corrected chi connectivity index (χ4v) is 2.82. The first-order valence-electron chi connectivity index (χ1n) is 8.12. The normalized spacial score (nSPS) is 19.2. The van der Waals surface area contributed by atoms with Gasteiger partial charge in [-0.3, -0.25) is 4.79 Å². The number of amides is 1. The maximum absolute atomic E-state index is 13.2. The van der Waals surface area contributed by atoms with Crippen molar-refractivity contribution in [3.8, 4) is 5.75 Å². The molecular formula is C17H22F4N2O2. The summed E-state index contributed by atoms with van der Waals surface area (Å²) in [7, 11) is 3.83. The Balaban J connectivity index is 2.24. The lowest BCUT2D eigenvalue weighted by molar-refractivity contribution is -0.253. The average Bonchev–Trinajstić information content (AvgIpc) is 2.80. The van der Waals surface area contributed by atoms with Crippen molar-refractivity contribution in [2.24, 2.45) is 0 Å². The van der Waals surface area contributed by atoms with Gasteiger partial charge in [-0.05, 0) is 39.1 Å². The van der Waals surface area contributed by atoms with Crippen LogP contribution in [0.25, 0.3) is 0 Å². The number of nitrogens with zero attached hydrogens (tertiary/aromatic N) is 2. The Morgan fingerprint density at radius 1 is 1.28 bits per heavy atom. The molecular weight excluding hydrogens is 340 g/mol. The molecule has 25 heavy (non-hydrogen) atoms. The Kier molecular flexibility index (Phi) is 6.26. The number of hydrogen-bond donors (Lipinski definition) is 0. The molecule has 1 saturated heterocycles. The number of likely N-dealkylation sites (tertiary alicyclic amines) is 1. The van der Waals surface area contributed by atoms with Crippen LogP contribution in [-0.2, 0) is 0 Å². The maximum atomic E-state index is 13.2. The molecule has 1 aromatic rings. The van der Waals surface area contributed by atoms with Crippen molar-refractivity contribution in [1.29, 1.82) is 0 Å². The molecule has 0 spiro atoms. The van der Waals surface area contributed by atoms with Crippen LogP contribution in [0.4, 0.5) is 17.6 Å². The van der Waals surface area contributed by atoms with E-state index in [-0.39, 0.29) is 11.6 Å². The molecule has 1 aliphatic rings. The summed E-state index contributed by atoms with van der Waals surface area (Å²) < 4.78 is 55.5. The van der Waals surface area contributed by atoms with Crippen LogP contribution in [-0.4, -0.2) is 61.5 Å². The smallest absolute Gasteiger partial charge is 0.427 e. The van der Waals surface area contributed by atoms with Crippen LogP contribution in [0.3, 0.4) is 0 Å². The topological polar surface area (TPSA) is 32.8 Å². The van der Waals surface area contributed by atoms with E-state index in [9.17, 15) is 22.4 Å². The van der Waals surface area contributed by atoms with E-state index in [1.807, 2.05) is 19.0 Å². The summed E-state index contributed by atoms with van der Waals surface area (Å²) >= 11 is 0. The highest BCUT2D eigenvalue weighted by atomic mass is 19.3. The Morgan fingerprint density at radius 3 is 2.60 bits per heavy atom. The van der Waals surface area contributed by atoms with Crippen molar-refractivity contribution in [3.63, 3.8) is 0 Å². The summed E-state index contributed by atoms with van der Waals surface area (Å²) in [5.41, 5.74) is -0.137. The zero-order valence-electron chi connectivity index (χ0n) is 14.2. The zero-order chi connectivity index (χ0) is 18.6. The van der Waals surface area contributed by atoms with Gasteiger partial charge in [-0.1, -0.05) is 18.6 Å². The van der Waals surface area contributed by atoms with Gasteiger partial charge in [0.25, 0.3) is 5.91 Å². The lowest BCUT2D eigenvalue weighted by atomic mass is 10.1. The van der Waals surface area contributed by atoms with Crippen molar-refractivity contribution in [1.82, 2.24) is 9.80 Å². The summed E-state index contributed by atoms with van der Waals surface area (Å²) in [5.74, 6) is -1.03. The number of halogens is 4. The van der Waals surface area contributed by atoms with Gasteiger partial charge in [-0.2, -0.15) is 17.6 Å². The zero-order valence-corrected chi connectivity index (χ0v) is 14.2. The lowest BCUT2D eigenvalue weighted by Gasteiger charge is -2.29. The number of hydrogen-bond acceptors (Lipinski definition) is 3. The van der Waals surface area contributed by atoms with Crippen LogP contribution in [0.15, 0.2) is 24.3 Å². The van der Waals surface area contributed by atoms with Gasteiger partial charge in [0, 0.05) is 19.1 Å². The van der Waals surface area contributed by atoms with E-state index >= 15 is 0 Å². The molecule has 1 atom stereocenters. The van der Waals surface area contributed by atoms with Gasteiger partial charge in [0.15, 0.2) is 0 Å². The highest BCUT2D eigenvalue weighted by Crippen LogP contribution is 2.30. The molecule has 0 aromatic heterocycles. The SMILES string of the molecule is CN(C)C1CCCCN(C(=O)c2ccccc2OC(F)(F)C(F)F)C1. The molecule has 0 N–H and O–H groups in total. The third-order valence-electron chi connectivity index (χ3n) is 4.28. The molecule has 1 heterocycles. The molecule has 1 fully saturated rings. The first-order valence-corrected chi connectivity index (χ1v) is 8.12. The Bertz CT molecular complexity index is 596. The van der Waals surface area contributed by atoms with Gasteiger partial charge in [0.2, 0.25) is 0 Å². The van der Waals surface area contributed by atoms with E-state index < -0.39 is 24.2 Å². The van der Waals surface area contributed by atoms with E-state index in [0.717, 1.165) is 25.3 Å². The molecule has 2 rings (SSSR count). The van der Waals surface area contributed by atoms with Crippen LogP contribution in [0.5, 0.6) is 5.75 Å². The van der Waals surface area contributed by atoms with E-state index in [1.165, 1.54) is 18.2 Å². The van der Waals surface area contributed by atoms with E-state index in [1.54, 1.807) is 4.90 Å². The van der Waals surface area contributed by atoms with Crippen LogP contribution in [0.1, 0.15) is 29.6 Å². The first kappa shape index (κ1) is 19.5. The van der Waals surface area contributed by atoms with Crippen molar-refractivity contribution >= 4 is 5.91 Å². The molecule has 0 radical (unpaired) electrons. The molecule has 0 bridgehead atoms. The van der Waals surface area contributed by atoms with Gasteiger partial charge in [0.05, 0.1) is 5.56 Å². The predicted octanol–water partition coefficient (Wildman–Crippen LogP) is 3.48. The summed E-state index contributed by atoms with van der Waals surface area (Å²) in [5, 5.41) is 0. The summed E-state index contributed by atoms with van der Waals surface area (Å²) in [6.45, 7) is 0.939. The van der Waals surface area contributed by atoms with Gasteiger partial charge in [-0.15, -0.1) is 0 Å². The van der Waals surface area contributed by atoms with E-state index in [0.29, 0.717) is 13.1 Å². The number of likely N-dealkylation sites (N-methyl/N-ethyl adjacent to an activating group) is 1. The second-order valence-electron chi connectivity index (χ2n) is 6.33. The third-order valence-corrected chi connectivity index (χ3v) is 4.28.